The predicted molar refractivity (Wildman–Crippen MR) is 65.7 cm³/mol. The molecule has 0 amide bonds. The molecule has 1 aromatic carbocycles. The Kier molecular flexibility index (Phi) is 3.21. The number of hydrogen-bond acceptors (Lipinski definition) is 5. The second kappa shape index (κ2) is 4.65. The SMILES string of the molecule is CC(CO)(CO)Nc1nncc2ccccc12. The van der Waals surface area contributed by atoms with Crippen LogP contribution in [-0.2, 0) is 0 Å². The highest BCUT2D eigenvalue weighted by atomic mass is 16.3. The van der Waals surface area contributed by atoms with E-state index in [1.54, 1.807) is 13.1 Å². The number of rotatable bonds is 4. The van der Waals surface area contributed by atoms with Gasteiger partial charge in [0.1, 0.15) is 0 Å². The maximum absolute atomic E-state index is 9.25. The molecule has 3 N–H and O–H groups in total. The highest BCUT2D eigenvalue weighted by Gasteiger charge is 2.23. The zero-order valence-electron chi connectivity index (χ0n) is 9.59. The van der Waals surface area contributed by atoms with Gasteiger partial charge in [-0.1, -0.05) is 24.3 Å². The van der Waals surface area contributed by atoms with Crippen molar-refractivity contribution in [2.24, 2.45) is 0 Å². The van der Waals surface area contributed by atoms with E-state index in [0.717, 1.165) is 10.8 Å². The van der Waals surface area contributed by atoms with Crippen molar-refractivity contribution >= 4 is 16.6 Å². The molecule has 17 heavy (non-hydrogen) atoms. The summed E-state index contributed by atoms with van der Waals surface area (Å²) < 4.78 is 0. The van der Waals surface area contributed by atoms with Gasteiger partial charge >= 0.3 is 0 Å². The number of benzene rings is 1. The van der Waals surface area contributed by atoms with Gasteiger partial charge in [-0.25, -0.2) is 0 Å². The number of anilines is 1. The predicted octanol–water partition coefficient (Wildman–Crippen LogP) is 0.785. The molecule has 0 saturated heterocycles. The molecule has 0 spiro atoms. The maximum atomic E-state index is 9.25. The fourth-order valence-corrected chi connectivity index (χ4v) is 1.54. The minimum Gasteiger partial charge on any atom is -0.394 e. The minimum atomic E-state index is -0.807. The Hall–Kier alpha value is -1.72. The summed E-state index contributed by atoms with van der Waals surface area (Å²) in [6.07, 6.45) is 1.68. The summed E-state index contributed by atoms with van der Waals surface area (Å²) in [5.41, 5.74) is -0.807. The number of nitrogens with one attached hydrogen (secondary N) is 1. The van der Waals surface area contributed by atoms with Crippen molar-refractivity contribution in [2.75, 3.05) is 18.5 Å². The molecule has 0 aliphatic rings. The lowest BCUT2D eigenvalue weighted by atomic mass is 10.1. The second-order valence-corrected chi connectivity index (χ2v) is 4.28. The highest BCUT2D eigenvalue weighted by Crippen LogP contribution is 2.22. The molecule has 1 heterocycles. The monoisotopic (exact) mass is 233 g/mol. The Labute approximate surface area is 99.1 Å². The molecular formula is C12H15N3O2. The number of fused-ring (bicyclic) bond motifs is 1. The van der Waals surface area contributed by atoms with Gasteiger partial charge in [0.25, 0.3) is 0 Å². The molecule has 0 fully saturated rings. The van der Waals surface area contributed by atoms with E-state index < -0.39 is 5.54 Å². The molecule has 5 nitrogen and oxygen atoms in total. The van der Waals surface area contributed by atoms with Gasteiger partial charge in [0, 0.05) is 10.8 Å². The van der Waals surface area contributed by atoms with Crippen molar-refractivity contribution in [2.45, 2.75) is 12.5 Å². The Morgan fingerprint density at radius 3 is 2.65 bits per heavy atom. The molecule has 0 saturated carbocycles. The largest absolute Gasteiger partial charge is 0.394 e. The van der Waals surface area contributed by atoms with Crippen LogP contribution in [0.4, 0.5) is 5.82 Å². The summed E-state index contributed by atoms with van der Waals surface area (Å²) in [7, 11) is 0. The number of aliphatic hydroxyl groups excluding tert-OH is 2. The molecule has 2 rings (SSSR count). The van der Waals surface area contributed by atoms with Gasteiger partial charge in [-0.15, -0.1) is 5.10 Å². The van der Waals surface area contributed by atoms with E-state index in [9.17, 15) is 10.2 Å². The zero-order valence-corrected chi connectivity index (χ0v) is 9.59. The molecule has 0 unspecified atom stereocenters. The van der Waals surface area contributed by atoms with Crippen molar-refractivity contribution in [3.63, 3.8) is 0 Å². The first-order valence-corrected chi connectivity index (χ1v) is 5.39. The van der Waals surface area contributed by atoms with Gasteiger partial charge in [-0.05, 0) is 6.92 Å². The fourth-order valence-electron chi connectivity index (χ4n) is 1.54. The summed E-state index contributed by atoms with van der Waals surface area (Å²) in [6.45, 7) is 1.35. The van der Waals surface area contributed by atoms with Crippen LogP contribution in [0.25, 0.3) is 10.8 Å². The first kappa shape index (κ1) is 11.8. The summed E-state index contributed by atoms with van der Waals surface area (Å²) in [4.78, 5) is 0. The van der Waals surface area contributed by atoms with Crippen LogP contribution in [0.2, 0.25) is 0 Å². The normalized spacial score (nSPS) is 11.7. The van der Waals surface area contributed by atoms with Crippen molar-refractivity contribution in [1.29, 1.82) is 0 Å². The van der Waals surface area contributed by atoms with Crippen LogP contribution >= 0.6 is 0 Å². The second-order valence-electron chi connectivity index (χ2n) is 4.28. The van der Waals surface area contributed by atoms with Crippen LogP contribution in [-0.4, -0.2) is 39.2 Å². The third-order valence-electron chi connectivity index (χ3n) is 2.69. The number of aliphatic hydroxyl groups is 2. The van der Waals surface area contributed by atoms with Gasteiger partial charge in [-0.2, -0.15) is 5.10 Å². The van der Waals surface area contributed by atoms with Crippen molar-refractivity contribution < 1.29 is 10.2 Å². The standard InChI is InChI=1S/C12H15N3O2/c1-12(7-16,8-17)14-11-10-5-3-2-4-9(10)6-13-15-11/h2-6,16-17H,7-8H2,1H3,(H,14,15). The number of aromatic nitrogens is 2. The summed E-state index contributed by atoms with van der Waals surface area (Å²) >= 11 is 0. The Balaban J connectivity index is 2.42. The average Bonchev–Trinajstić information content (AvgIpc) is 2.39. The first-order chi connectivity index (χ1) is 8.18. The summed E-state index contributed by atoms with van der Waals surface area (Å²) in [5, 5.41) is 31.3. The fraction of sp³-hybridized carbons (Fsp3) is 0.333. The van der Waals surface area contributed by atoms with Crippen LogP contribution < -0.4 is 5.32 Å². The van der Waals surface area contributed by atoms with Crippen molar-refractivity contribution in [1.82, 2.24) is 10.2 Å². The van der Waals surface area contributed by atoms with Gasteiger partial charge in [0.15, 0.2) is 5.82 Å². The maximum Gasteiger partial charge on any atom is 0.157 e. The van der Waals surface area contributed by atoms with E-state index in [0.29, 0.717) is 5.82 Å². The van der Waals surface area contributed by atoms with Gasteiger partial charge in [0.05, 0.1) is 24.9 Å². The topological polar surface area (TPSA) is 78.3 Å². The van der Waals surface area contributed by atoms with Crippen LogP contribution in [0.15, 0.2) is 30.5 Å². The third kappa shape index (κ3) is 2.35. The summed E-state index contributed by atoms with van der Waals surface area (Å²) in [5.74, 6) is 0.564. The number of nitrogens with zero attached hydrogens (tertiary/aromatic N) is 2. The van der Waals surface area contributed by atoms with E-state index in [2.05, 4.69) is 15.5 Å². The first-order valence-electron chi connectivity index (χ1n) is 5.39. The third-order valence-corrected chi connectivity index (χ3v) is 2.69. The average molecular weight is 233 g/mol. The lowest BCUT2D eigenvalue weighted by molar-refractivity contribution is 0.147. The lowest BCUT2D eigenvalue weighted by Gasteiger charge is -2.27. The molecule has 0 aliphatic carbocycles. The number of hydrogen-bond donors (Lipinski definition) is 3. The van der Waals surface area contributed by atoms with E-state index in [-0.39, 0.29) is 13.2 Å². The molecule has 0 bridgehead atoms. The Bertz CT molecular complexity index is 507. The van der Waals surface area contributed by atoms with E-state index in [1.165, 1.54) is 0 Å². The van der Waals surface area contributed by atoms with Crippen LogP contribution in [0.3, 0.4) is 0 Å². The molecule has 2 aromatic rings. The Morgan fingerprint density at radius 2 is 1.94 bits per heavy atom. The Morgan fingerprint density at radius 1 is 1.24 bits per heavy atom. The molecular weight excluding hydrogens is 218 g/mol. The molecule has 1 aromatic heterocycles. The van der Waals surface area contributed by atoms with Gasteiger partial charge < -0.3 is 15.5 Å². The van der Waals surface area contributed by atoms with Crippen LogP contribution in [0.5, 0.6) is 0 Å². The zero-order chi connectivity index (χ0) is 12.3. The van der Waals surface area contributed by atoms with Crippen molar-refractivity contribution in [3.8, 4) is 0 Å². The van der Waals surface area contributed by atoms with Gasteiger partial charge in [-0.3, -0.25) is 0 Å². The van der Waals surface area contributed by atoms with Crippen molar-refractivity contribution in [3.05, 3.63) is 30.5 Å². The molecule has 90 valence electrons. The summed E-state index contributed by atoms with van der Waals surface area (Å²) in [6, 6.07) is 7.68. The molecule has 0 aliphatic heterocycles. The lowest BCUT2D eigenvalue weighted by Crippen LogP contribution is -2.42. The molecule has 0 atom stereocenters. The molecule has 0 radical (unpaired) electrons. The quantitative estimate of drug-likeness (QED) is 0.727. The van der Waals surface area contributed by atoms with Gasteiger partial charge in [0.2, 0.25) is 0 Å². The molecule has 5 heteroatoms. The van der Waals surface area contributed by atoms with E-state index >= 15 is 0 Å². The van der Waals surface area contributed by atoms with E-state index in [1.807, 2.05) is 24.3 Å². The van der Waals surface area contributed by atoms with Crippen LogP contribution in [0.1, 0.15) is 6.92 Å². The van der Waals surface area contributed by atoms with E-state index in [4.69, 9.17) is 0 Å². The highest BCUT2D eigenvalue weighted by molar-refractivity contribution is 5.91. The smallest absolute Gasteiger partial charge is 0.157 e. The minimum absolute atomic E-state index is 0.186. The van der Waals surface area contributed by atoms with Crippen LogP contribution in [0, 0.1) is 0 Å².